The predicted octanol–water partition coefficient (Wildman–Crippen LogP) is 2.39. The van der Waals surface area contributed by atoms with Crippen LogP contribution in [0, 0.1) is 5.41 Å². The van der Waals surface area contributed by atoms with Crippen molar-refractivity contribution in [1.29, 1.82) is 0 Å². The van der Waals surface area contributed by atoms with Gasteiger partial charge < -0.3 is 15.2 Å². The Morgan fingerprint density at radius 1 is 1.53 bits per heavy atom. The molecule has 0 spiro atoms. The Kier molecular flexibility index (Phi) is 4.68. The van der Waals surface area contributed by atoms with Gasteiger partial charge >= 0.3 is 0 Å². The standard InChI is InChI=1S/C14H22BrN3O/c1-3-18-9-11(15)8-12(18)13(19)17-10-14(2)4-6-16-7-5-14/h8-9,16H,3-7,10H2,1-2H3,(H,17,19). The van der Waals surface area contributed by atoms with Crippen LogP contribution in [0.2, 0.25) is 0 Å². The number of carbonyl (C=O) groups excluding carboxylic acids is 1. The van der Waals surface area contributed by atoms with Gasteiger partial charge in [0.15, 0.2) is 0 Å². The number of rotatable bonds is 4. The second kappa shape index (κ2) is 6.09. The SMILES string of the molecule is CCn1cc(Br)cc1C(=O)NCC1(C)CCNCC1. The van der Waals surface area contributed by atoms with E-state index in [2.05, 4.69) is 33.5 Å². The van der Waals surface area contributed by atoms with Crippen molar-refractivity contribution in [2.45, 2.75) is 33.2 Å². The average molecular weight is 328 g/mol. The van der Waals surface area contributed by atoms with Gasteiger partial charge in [-0.3, -0.25) is 4.79 Å². The maximum Gasteiger partial charge on any atom is 0.267 e. The Morgan fingerprint density at radius 3 is 2.84 bits per heavy atom. The number of hydrogen-bond acceptors (Lipinski definition) is 2. The first kappa shape index (κ1) is 14.6. The maximum atomic E-state index is 12.3. The van der Waals surface area contributed by atoms with E-state index in [4.69, 9.17) is 0 Å². The summed E-state index contributed by atoms with van der Waals surface area (Å²) in [5, 5.41) is 6.45. The molecule has 0 atom stereocenters. The van der Waals surface area contributed by atoms with Crippen molar-refractivity contribution in [2.24, 2.45) is 5.41 Å². The van der Waals surface area contributed by atoms with E-state index < -0.39 is 0 Å². The number of hydrogen-bond donors (Lipinski definition) is 2. The molecule has 106 valence electrons. The van der Waals surface area contributed by atoms with Crippen LogP contribution < -0.4 is 10.6 Å². The van der Waals surface area contributed by atoms with Gasteiger partial charge in [-0.15, -0.1) is 0 Å². The van der Waals surface area contributed by atoms with Gasteiger partial charge in [0.2, 0.25) is 0 Å². The molecule has 5 heteroatoms. The largest absolute Gasteiger partial charge is 0.350 e. The van der Waals surface area contributed by atoms with Crippen molar-refractivity contribution in [1.82, 2.24) is 15.2 Å². The van der Waals surface area contributed by atoms with Gasteiger partial charge in [0, 0.05) is 23.8 Å². The molecule has 4 nitrogen and oxygen atoms in total. The lowest BCUT2D eigenvalue weighted by Crippen LogP contribution is -2.43. The van der Waals surface area contributed by atoms with Crippen LogP contribution >= 0.6 is 15.9 Å². The van der Waals surface area contributed by atoms with E-state index in [1.54, 1.807) is 0 Å². The molecule has 1 fully saturated rings. The van der Waals surface area contributed by atoms with Gasteiger partial charge in [-0.25, -0.2) is 0 Å². The Bertz CT molecular complexity index is 450. The van der Waals surface area contributed by atoms with Gasteiger partial charge in [-0.1, -0.05) is 6.92 Å². The summed E-state index contributed by atoms with van der Waals surface area (Å²) in [6.07, 6.45) is 4.18. The lowest BCUT2D eigenvalue weighted by atomic mass is 9.81. The molecule has 0 saturated carbocycles. The third-order valence-electron chi connectivity index (χ3n) is 3.92. The van der Waals surface area contributed by atoms with Gasteiger partial charge in [-0.05, 0) is 60.3 Å². The molecule has 0 unspecified atom stereocenters. The minimum Gasteiger partial charge on any atom is -0.350 e. The van der Waals surface area contributed by atoms with Gasteiger partial charge in [0.25, 0.3) is 5.91 Å². The molecule has 0 radical (unpaired) electrons. The van der Waals surface area contributed by atoms with Crippen molar-refractivity contribution in [2.75, 3.05) is 19.6 Å². The molecule has 2 rings (SSSR count). The fraction of sp³-hybridized carbons (Fsp3) is 0.643. The summed E-state index contributed by atoms with van der Waals surface area (Å²) in [7, 11) is 0. The highest BCUT2D eigenvalue weighted by molar-refractivity contribution is 9.10. The van der Waals surface area contributed by atoms with E-state index in [9.17, 15) is 4.79 Å². The lowest BCUT2D eigenvalue weighted by Gasteiger charge is -2.34. The number of halogens is 1. The molecule has 1 aromatic rings. The summed E-state index contributed by atoms with van der Waals surface area (Å²) in [5.41, 5.74) is 0.953. The van der Waals surface area contributed by atoms with E-state index in [0.717, 1.165) is 49.2 Å². The van der Waals surface area contributed by atoms with Crippen LogP contribution in [0.5, 0.6) is 0 Å². The van der Waals surface area contributed by atoms with Crippen molar-refractivity contribution in [3.63, 3.8) is 0 Å². The maximum absolute atomic E-state index is 12.3. The van der Waals surface area contributed by atoms with Crippen molar-refractivity contribution in [3.05, 3.63) is 22.4 Å². The van der Waals surface area contributed by atoms with E-state index in [-0.39, 0.29) is 11.3 Å². The molecule has 2 heterocycles. The first-order chi connectivity index (χ1) is 9.04. The molecule has 0 aliphatic carbocycles. The highest BCUT2D eigenvalue weighted by atomic mass is 79.9. The second-order valence-electron chi connectivity index (χ2n) is 5.57. The average Bonchev–Trinajstić information content (AvgIpc) is 2.78. The Labute approximate surface area is 123 Å². The smallest absolute Gasteiger partial charge is 0.267 e. The number of carbonyl (C=O) groups is 1. The zero-order valence-corrected chi connectivity index (χ0v) is 13.2. The zero-order valence-electron chi connectivity index (χ0n) is 11.6. The normalized spacial score (nSPS) is 18.3. The number of piperidine rings is 1. The molecule has 1 saturated heterocycles. The number of nitrogens with zero attached hydrogens (tertiary/aromatic N) is 1. The zero-order chi connectivity index (χ0) is 13.9. The summed E-state index contributed by atoms with van der Waals surface area (Å²) >= 11 is 3.42. The molecule has 1 aliphatic rings. The fourth-order valence-corrected chi connectivity index (χ4v) is 2.98. The van der Waals surface area contributed by atoms with Crippen molar-refractivity contribution >= 4 is 21.8 Å². The summed E-state index contributed by atoms with van der Waals surface area (Å²) in [4.78, 5) is 12.3. The van der Waals surface area contributed by atoms with Gasteiger partial charge in [-0.2, -0.15) is 0 Å². The van der Waals surface area contributed by atoms with Crippen molar-refractivity contribution in [3.8, 4) is 0 Å². The highest BCUT2D eigenvalue weighted by Gasteiger charge is 2.27. The quantitative estimate of drug-likeness (QED) is 0.891. The van der Waals surface area contributed by atoms with E-state index in [0.29, 0.717) is 0 Å². The molecular weight excluding hydrogens is 306 g/mol. The number of aryl methyl sites for hydroxylation is 1. The van der Waals surface area contributed by atoms with Crippen LogP contribution in [0.25, 0.3) is 0 Å². The topological polar surface area (TPSA) is 46.1 Å². The Hall–Kier alpha value is -0.810. The van der Waals surface area contributed by atoms with Crippen LogP contribution in [0.4, 0.5) is 0 Å². The highest BCUT2D eigenvalue weighted by Crippen LogP contribution is 2.26. The second-order valence-corrected chi connectivity index (χ2v) is 6.49. The summed E-state index contributed by atoms with van der Waals surface area (Å²) in [6, 6.07) is 1.88. The first-order valence-electron chi connectivity index (χ1n) is 6.89. The van der Waals surface area contributed by atoms with Crippen LogP contribution in [0.3, 0.4) is 0 Å². The lowest BCUT2D eigenvalue weighted by molar-refractivity contribution is 0.0913. The van der Waals surface area contributed by atoms with E-state index in [1.807, 2.05) is 23.8 Å². The van der Waals surface area contributed by atoms with Gasteiger partial charge in [0.1, 0.15) is 5.69 Å². The molecular formula is C14H22BrN3O. The third kappa shape index (κ3) is 3.60. The van der Waals surface area contributed by atoms with Crippen LogP contribution in [-0.4, -0.2) is 30.1 Å². The molecule has 1 aliphatic heterocycles. The van der Waals surface area contributed by atoms with Crippen molar-refractivity contribution < 1.29 is 4.79 Å². The molecule has 0 bridgehead atoms. The Morgan fingerprint density at radius 2 is 2.21 bits per heavy atom. The fourth-order valence-electron chi connectivity index (χ4n) is 2.52. The number of amides is 1. The van der Waals surface area contributed by atoms with Crippen LogP contribution in [-0.2, 0) is 6.54 Å². The molecule has 0 aromatic carbocycles. The van der Waals surface area contributed by atoms with Crippen LogP contribution in [0.1, 0.15) is 37.2 Å². The Balaban J connectivity index is 1.97. The minimum absolute atomic E-state index is 0.0207. The third-order valence-corrected chi connectivity index (χ3v) is 4.36. The molecule has 1 aromatic heterocycles. The van der Waals surface area contributed by atoms with E-state index in [1.165, 1.54) is 0 Å². The molecule has 19 heavy (non-hydrogen) atoms. The van der Waals surface area contributed by atoms with E-state index >= 15 is 0 Å². The summed E-state index contributed by atoms with van der Waals surface area (Å²) in [5.74, 6) is 0.0207. The summed E-state index contributed by atoms with van der Waals surface area (Å²) < 4.78 is 2.91. The first-order valence-corrected chi connectivity index (χ1v) is 7.68. The van der Waals surface area contributed by atoms with Gasteiger partial charge in [0.05, 0.1) is 0 Å². The number of aromatic nitrogens is 1. The predicted molar refractivity (Wildman–Crippen MR) is 80.3 cm³/mol. The molecule has 1 amide bonds. The minimum atomic E-state index is 0.0207. The molecule has 2 N–H and O–H groups in total. The summed E-state index contributed by atoms with van der Waals surface area (Å²) in [6.45, 7) is 7.93. The van der Waals surface area contributed by atoms with Crippen LogP contribution in [0.15, 0.2) is 16.7 Å². The number of nitrogens with one attached hydrogen (secondary N) is 2. The monoisotopic (exact) mass is 327 g/mol.